The summed E-state index contributed by atoms with van der Waals surface area (Å²) in [5, 5.41) is 29.0. The van der Waals surface area contributed by atoms with Crippen LogP contribution in [-0.4, -0.2) is 68.8 Å². The van der Waals surface area contributed by atoms with Crippen LogP contribution in [-0.2, 0) is 14.6 Å². The molecular formula is C34H33N7O6S. The summed E-state index contributed by atoms with van der Waals surface area (Å²) < 4.78 is 28.6. The Morgan fingerprint density at radius 1 is 1.02 bits per heavy atom. The first-order chi connectivity index (χ1) is 23.0. The number of carbonyl (C=O) groups is 2. The van der Waals surface area contributed by atoms with Crippen molar-refractivity contribution in [2.24, 2.45) is 10.2 Å². The van der Waals surface area contributed by atoms with Gasteiger partial charge >= 0.3 is 5.97 Å². The number of aromatic amines is 1. The van der Waals surface area contributed by atoms with Gasteiger partial charge < -0.3 is 25.4 Å². The van der Waals surface area contributed by atoms with E-state index in [2.05, 4.69) is 30.5 Å². The second kappa shape index (κ2) is 13.2. The third kappa shape index (κ3) is 6.60. The molecule has 6 rings (SSSR count). The number of phenols is 1. The molecule has 4 N–H and O–H groups in total. The lowest BCUT2D eigenvalue weighted by molar-refractivity contribution is -0.131. The van der Waals surface area contributed by atoms with Crippen molar-refractivity contribution in [1.82, 2.24) is 19.9 Å². The van der Waals surface area contributed by atoms with E-state index in [-0.39, 0.29) is 47.5 Å². The predicted octanol–water partition coefficient (Wildman–Crippen LogP) is 6.01. The van der Waals surface area contributed by atoms with Gasteiger partial charge in [-0.05, 0) is 87.2 Å². The van der Waals surface area contributed by atoms with E-state index in [9.17, 15) is 28.2 Å². The number of piperidine rings is 1. The van der Waals surface area contributed by atoms with Crippen LogP contribution in [0.25, 0.3) is 11.0 Å². The number of anilines is 1. The van der Waals surface area contributed by atoms with Crippen LogP contribution in [0.5, 0.6) is 5.75 Å². The Kier molecular flexibility index (Phi) is 8.91. The molecule has 2 aromatic heterocycles. The maximum Gasteiger partial charge on any atom is 0.339 e. The average molecular weight is 668 g/mol. The van der Waals surface area contributed by atoms with Gasteiger partial charge in [-0.2, -0.15) is 10.2 Å². The number of pyridine rings is 1. The van der Waals surface area contributed by atoms with E-state index in [4.69, 9.17) is 0 Å². The monoisotopic (exact) mass is 667 g/mol. The second-order valence-electron chi connectivity index (χ2n) is 11.6. The molecule has 1 aliphatic rings. The van der Waals surface area contributed by atoms with Gasteiger partial charge in [-0.25, -0.2) is 18.2 Å². The molecule has 0 spiro atoms. The average Bonchev–Trinajstić information content (AvgIpc) is 3.49. The normalized spacial score (nSPS) is 16.8. The molecule has 2 unspecified atom stereocenters. The number of aromatic carboxylic acids is 1. The molecule has 1 aliphatic heterocycles. The summed E-state index contributed by atoms with van der Waals surface area (Å²) in [7, 11) is -4.08. The number of hydrogen-bond acceptors (Lipinski definition) is 10. The maximum atomic E-state index is 14.3. The van der Waals surface area contributed by atoms with E-state index < -0.39 is 26.9 Å². The molecule has 13 nitrogen and oxygen atoms in total. The number of imidazole rings is 1. The quantitative estimate of drug-likeness (QED) is 0.136. The zero-order valence-electron chi connectivity index (χ0n) is 26.2. The highest BCUT2D eigenvalue weighted by Gasteiger charge is 2.41. The number of nitrogens with one attached hydrogen (secondary N) is 2. The number of H-pyrrole nitrogens is 1. The van der Waals surface area contributed by atoms with E-state index in [0.29, 0.717) is 12.1 Å². The number of aryl methyl sites for hydroxylation is 2. The van der Waals surface area contributed by atoms with Gasteiger partial charge in [0.05, 0.1) is 39.5 Å². The highest BCUT2D eigenvalue weighted by Crippen LogP contribution is 2.39. The molecule has 1 saturated heterocycles. The number of aromatic nitrogens is 3. The zero-order valence-corrected chi connectivity index (χ0v) is 27.0. The van der Waals surface area contributed by atoms with Crippen molar-refractivity contribution in [2.45, 2.75) is 42.9 Å². The fraction of sp³-hybridized carbons (Fsp3) is 0.235. The van der Waals surface area contributed by atoms with Crippen LogP contribution in [0.1, 0.15) is 46.2 Å². The number of carboxylic acid groups (broad SMARTS) is 1. The number of rotatable bonds is 9. The number of benzene rings is 3. The summed E-state index contributed by atoms with van der Waals surface area (Å²) in [6, 6.07) is 18.8. The van der Waals surface area contributed by atoms with Crippen LogP contribution >= 0.6 is 0 Å². The Morgan fingerprint density at radius 2 is 1.73 bits per heavy atom. The Hall–Kier alpha value is -5.63. The maximum absolute atomic E-state index is 14.3. The summed E-state index contributed by atoms with van der Waals surface area (Å²) in [6.45, 7) is 3.90. The van der Waals surface area contributed by atoms with E-state index in [1.54, 1.807) is 6.20 Å². The van der Waals surface area contributed by atoms with Crippen molar-refractivity contribution in [3.05, 3.63) is 102 Å². The topological polar surface area (TPSA) is 190 Å². The minimum absolute atomic E-state index is 0.0153. The van der Waals surface area contributed by atoms with Gasteiger partial charge in [0.25, 0.3) is 0 Å². The lowest BCUT2D eigenvalue weighted by Crippen LogP contribution is -2.51. The number of amides is 1. The van der Waals surface area contributed by atoms with Gasteiger partial charge in [0.15, 0.2) is 9.84 Å². The van der Waals surface area contributed by atoms with E-state index >= 15 is 0 Å². The van der Waals surface area contributed by atoms with Crippen LogP contribution < -0.4 is 5.32 Å². The Bertz CT molecular complexity index is 2130. The number of para-hydroxylation sites is 1. The number of carbonyl (C=O) groups excluding carboxylic acids is 1. The van der Waals surface area contributed by atoms with Crippen LogP contribution in [0.4, 0.5) is 17.1 Å². The molecular weight excluding hydrogens is 634 g/mol. The van der Waals surface area contributed by atoms with Crippen molar-refractivity contribution in [3.63, 3.8) is 0 Å². The summed E-state index contributed by atoms with van der Waals surface area (Å²) >= 11 is 0. The lowest BCUT2D eigenvalue weighted by atomic mass is 9.89. The second-order valence-corrected chi connectivity index (χ2v) is 13.7. The molecule has 0 bridgehead atoms. The number of hydrogen-bond donors (Lipinski definition) is 4. The third-order valence-electron chi connectivity index (χ3n) is 8.40. The summed E-state index contributed by atoms with van der Waals surface area (Å²) in [5.41, 5.74) is 4.15. The van der Waals surface area contributed by atoms with Crippen LogP contribution in [0, 0.1) is 13.8 Å². The Balaban J connectivity index is 1.28. The number of carboxylic acids is 1. The summed E-state index contributed by atoms with van der Waals surface area (Å²) in [4.78, 5) is 38.9. The van der Waals surface area contributed by atoms with Crippen LogP contribution in [0.3, 0.4) is 0 Å². The number of azo groups is 1. The number of nitrogens with zero attached hydrogens (tertiary/aromatic N) is 5. The summed E-state index contributed by atoms with van der Waals surface area (Å²) in [6.07, 6.45) is 2.45. The first-order valence-corrected chi connectivity index (χ1v) is 16.8. The molecule has 0 aliphatic carbocycles. The third-order valence-corrected chi connectivity index (χ3v) is 10.5. The molecule has 3 aromatic carbocycles. The number of sulfone groups is 1. The highest BCUT2D eigenvalue weighted by molar-refractivity contribution is 7.92. The molecule has 1 amide bonds. The molecule has 3 heterocycles. The fourth-order valence-corrected chi connectivity index (χ4v) is 7.78. The molecule has 48 heavy (non-hydrogen) atoms. The lowest BCUT2D eigenvalue weighted by Gasteiger charge is -2.39. The Morgan fingerprint density at radius 3 is 2.46 bits per heavy atom. The zero-order chi connectivity index (χ0) is 34.0. The Labute approximate surface area is 276 Å². The van der Waals surface area contributed by atoms with Gasteiger partial charge in [0.1, 0.15) is 22.5 Å². The number of fused-ring (bicyclic) bond motifs is 1. The van der Waals surface area contributed by atoms with Gasteiger partial charge in [-0.1, -0.05) is 18.2 Å². The van der Waals surface area contributed by atoms with Crippen molar-refractivity contribution in [3.8, 4) is 5.75 Å². The minimum atomic E-state index is -4.08. The van der Waals surface area contributed by atoms with E-state index in [1.807, 2.05) is 44.2 Å². The SMILES string of the molecule is Cc1nc2c(C3CCN(C(=O)CNc4ccccc4)C(S(=O)(=O)c4ccc(N=Nc5ccc(O)c(C(=O)O)c5)cc4)C3)cnc(C)c2[nH]1. The van der Waals surface area contributed by atoms with Crippen molar-refractivity contribution in [1.29, 1.82) is 0 Å². The summed E-state index contributed by atoms with van der Waals surface area (Å²) in [5.74, 6) is -1.53. The highest BCUT2D eigenvalue weighted by atomic mass is 32.2. The predicted molar refractivity (Wildman–Crippen MR) is 179 cm³/mol. The van der Waals surface area contributed by atoms with Crippen molar-refractivity contribution >= 4 is 49.8 Å². The first kappa shape index (κ1) is 32.3. The standard InChI is InChI=1S/C34H33N7O6S/c1-20-32-33(38-21(2)37-32)28(18-35-20)22-14-15-41(30(43)19-36-23-6-4-3-5-7-23)31(16-22)48(46,47)26-11-8-24(9-12-26)39-40-25-10-13-29(42)27(17-25)34(44)45/h3-13,17-18,22,31,36,42H,14-16,19H2,1-2H3,(H,37,38)(H,44,45). The smallest absolute Gasteiger partial charge is 0.339 e. The number of aromatic hydroxyl groups is 1. The minimum Gasteiger partial charge on any atom is -0.507 e. The fourth-order valence-electron chi connectivity index (χ4n) is 5.91. The molecule has 14 heteroatoms. The van der Waals surface area contributed by atoms with E-state index in [1.165, 1.54) is 47.4 Å². The van der Waals surface area contributed by atoms with Crippen LogP contribution in [0.2, 0.25) is 0 Å². The van der Waals surface area contributed by atoms with Crippen molar-refractivity contribution in [2.75, 3.05) is 18.4 Å². The molecule has 0 saturated carbocycles. The van der Waals surface area contributed by atoms with Gasteiger partial charge in [0, 0.05) is 24.0 Å². The van der Waals surface area contributed by atoms with Crippen LogP contribution in [0.15, 0.2) is 94.1 Å². The molecule has 246 valence electrons. The van der Waals surface area contributed by atoms with E-state index in [0.717, 1.165) is 33.8 Å². The van der Waals surface area contributed by atoms with Crippen molar-refractivity contribution < 1.29 is 28.2 Å². The molecule has 1 fully saturated rings. The molecule has 2 atom stereocenters. The number of likely N-dealkylation sites (tertiary alicyclic amines) is 1. The van der Waals surface area contributed by atoms with Gasteiger partial charge in [-0.15, -0.1) is 0 Å². The van der Waals surface area contributed by atoms with Gasteiger partial charge in [-0.3, -0.25) is 9.78 Å². The largest absolute Gasteiger partial charge is 0.507 e. The molecule has 5 aromatic rings. The first-order valence-electron chi connectivity index (χ1n) is 15.2. The molecule has 0 radical (unpaired) electrons. The van der Waals surface area contributed by atoms with Gasteiger partial charge in [0.2, 0.25) is 5.91 Å².